The molecule has 3 nitrogen and oxygen atoms in total. The normalized spacial score (nSPS) is 13.0. The van der Waals surface area contributed by atoms with E-state index >= 15 is 0 Å². The van der Waals surface area contributed by atoms with Crippen molar-refractivity contribution in [2.45, 2.75) is 15.9 Å². The standard InChI is InChI=1S/C15H15FO3S2/c16-12-6-8-14(9-7-12)20-10-13(17)11-21(18,19)15-4-2-1-3-5-15/h1-9,13,17H,10-11H2/t13-/m0/s1. The van der Waals surface area contributed by atoms with Crippen LogP contribution in [-0.2, 0) is 9.84 Å². The van der Waals surface area contributed by atoms with Crippen LogP contribution in [0.25, 0.3) is 0 Å². The lowest BCUT2D eigenvalue weighted by atomic mass is 10.4. The minimum atomic E-state index is -3.49. The molecule has 2 aromatic carbocycles. The number of aliphatic hydroxyl groups is 1. The minimum Gasteiger partial charge on any atom is -0.391 e. The average molecular weight is 326 g/mol. The Morgan fingerprint density at radius 3 is 2.29 bits per heavy atom. The van der Waals surface area contributed by atoms with Crippen molar-refractivity contribution in [2.75, 3.05) is 11.5 Å². The molecule has 0 amide bonds. The highest BCUT2D eigenvalue weighted by molar-refractivity contribution is 7.99. The third-order valence-electron chi connectivity index (χ3n) is 2.77. The summed E-state index contributed by atoms with van der Waals surface area (Å²) in [6.45, 7) is 0. The van der Waals surface area contributed by atoms with Crippen molar-refractivity contribution in [2.24, 2.45) is 0 Å². The van der Waals surface area contributed by atoms with Crippen LogP contribution in [0.1, 0.15) is 0 Å². The monoisotopic (exact) mass is 326 g/mol. The van der Waals surface area contributed by atoms with E-state index in [1.54, 1.807) is 30.3 Å². The molecule has 0 spiro atoms. The van der Waals surface area contributed by atoms with E-state index in [2.05, 4.69) is 0 Å². The van der Waals surface area contributed by atoms with Gasteiger partial charge in [0.05, 0.1) is 16.8 Å². The molecular weight excluding hydrogens is 311 g/mol. The molecule has 0 aliphatic rings. The van der Waals surface area contributed by atoms with Crippen molar-refractivity contribution >= 4 is 21.6 Å². The number of thioether (sulfide) groups is 1. The molecule has 0 radical (unpaired) electrons. The SMILES string of the molecule is O=S(=O)(C[C@@H](O)CSc1ccc(F)cc1)c1ccccc1. The van der Waals surface area contributed by atoms with Gasteiger partial charge in [0.1, 0.15) is 5.82 Å². The van der Waals surface area contributed by atoms with Gasteiger partial charge in [-0.05, 0) is 36.4 Å². The number of benzene rings is 2. The molecule has 2 aromatic rings. The predicted octanol–water partition coefficient (Wildman–Crippen LogP) is 2.75. The molecule has 21 heavy (non-hydrogen) atoms. The average Bonchev–Trinajstić information content (AvgIpc) is 2.47. The van der Waals surface area contributed by atoms with Crippen LogP contribution in [0.2, 0.25) is 0 Å². The number of sulfone groups is 1. The first-order chi connectivity index (χ1) is 9.97. The first-order valence-electron chi connectivity index (χ1n) is 6.31. The number of hydrogen-bond donors (Lipinski definition) is 1. The highest BCUT2D eigenvalue weighted by Gasteiger charge is 2.19. The van der Waals surface area contributed by atoms with Gasteiger partial charge in [0, 0.05) is 10.6 Å². The summed E-state index contributed by atoms with van der Waals surface area (Å²) in [5.41, 5.74) is 0. The summed E-state index contributed by atoms with van der Waals surface area (Å²) in [5, 5.41) is 9.89. The summed E-state index contributed by atoms with van der Waals surface area (Å²) in [5.74, 6) is -0.422. The lowest BCUT2D eigenvalue weighted by Gasteiger charge is -2.11. The Bertz CT molecular complexity index is 670. The smallest absolute Gasteiger partial charge is 0.180 e. The molecule has 2 rings (SSSR count). The third-order valence-corrected chi connectivity index (χ3v) is 5.74. The van der Waals surface area contributed by atoms with E-state index in [9.17, 15) is 17.9 Å². The predicted molar refractivity (Wildman–Crippen MR) is 81.6 cm³/mol. The fourth-order valence-electron chi connectivity index (χ4n) is 1.75. The van der Waals surface area contributed by atoms with E-state index in [-0.39, 0.29) is 22.2 Å². The molecule has 6 heteroatoms. The number of hydrogen-bond acceptors (Lipinski definition) is 4. The second kappa shape index (κ2) is 7.06. The Morgan fingerprint density at radius 1 is 1.05 bits per heavy atom. The van der Waals surface area contributed by atoms with Crippen molar-refractivity contribution in [1.82, 2.24) is 0 Å². The van der Waals surface area contributed by atoms with Gasteiger partial charge in [-0.15, -0.1) is 11.8 Å². The highest BCUT2D eigenvalue weighted by atomic mass is 32.2. The van der Waals surface area contributed by atoms with E-state index < -0.39 is 15.9 Å². The molecule has 0 unspecified atom stereocenters. The van der Waals surface area contributed by atoms with Gasteiger partial charge in [-0.25, -0.2) is 12.8 Å². The van der Waals surface area contributed by atoms with Crippen molar-refractivity contribution in [3.05, 3.63) is 60.4 Å². The molecule has 0 aliphatic heterocycles. The number of aliphatic hydroxyl groups excluding tert-OH is 1. The van der Waals surface area contributed by atoms with Crippen molar-refractivity contribution < 1.29 is 17.9 Å². The van der Waals surface area contributed by atoms with E-state index in [1.165, 1.54) is 36.0 Å². The number of halogens is 1. The first kappa shape index (κ1) is 16.0. The van der Waals surface area contributed by atoms with Crippen LogP contribution in [0.3, 0.4) is 0 Å². The summed E-state index contributed by atoms with van der Waals surface area (Å²) >= 11 is 1.29. The quantitative estimate of drug-likeness (QED) is 0.829. The summed E-state index contributed by atoms with van der Waals surface area (Å²) in [4.78, 5) is 0.989. The molecule has 0 saturated heterocycles. The van der Waals surface area contributed by atoms with Crippen molar-refractivity contribution in [1.29, 1.82) is 0 Å². The first-order valence-corrected chi connectivity index (χ1v) is 8.95. The summed E-state index contributed by atoms with van der Waals surface area (Å²) in [6, 6.07) is 13.9. The molecule has 0 bridgehead atoms. The van der Waals surface area contributed by atoms with E-state index in [4.69, 9.17) is 0 Å². The second-order valence-corrected chi connectivity index (χ2v) is 7.64. The molecule has 0 saturated carbocycles. The molecular formula is C15H15FO3S2. The van der Waals surface area contributed by atoms with Gasteiger partial charge >= 0.3 is 0 Å². The van der Waals surface area contributed by atoms with Crippen molar-refractivity contribution in [3.63, 3.8) is 0 Å². The minimum absolute atomic E-state index is 0.204. The van der Waals surface area contributed by atoms with Crippen LogP contribution < -0.4 is 0 Å². The van der Waals surface area contributed by atoms with Gasteiger partial charge in [0.15, 0.2) is 9.84 Å². The summed E-state index contributed by atoms with van der Waals surface area (Å²) in [7, 11) is -3.49. The van der Waals surface area contributed by atoms with Crippen LogP contribution >= 0.6 is 11.8 Å². The molecule has 0 heterocycles. The van der Waals surface area contributed by atoms with Crippen LogP contribution in [0.15, 0.2) is 64.4 Å². The zero-order chi connectivity index (χ0) is 15.3. The maximum atomic E-state index is 12.8. The fraction of sp³-hybridized carbons (Fsp3) is 0.200. The molecule has 0 fully saturated rings. The van der Waals surface area contributed by atoms with Crippen LogP contribution in [0, 0.1) is 5.82 Å². The third kappa shape index (κ3) is 4.84. The fourth-order valence-corrected chi connectivity index (χ4v) is 4.12. The summed E-state index contributed by atoms with van der Waals surface area (Å²) in [6.07, 6.45) is -0.981. The maximum absolute atomic E-state index is 12.8. The van der Waals surface area contributed by atoms with Gasteiger partial charge in [0.25, 0.3) is 0 Å². The Morgan fingerprint density at radius 2 is 1.67 bits per heavy atom. The van der Waals surface area contributed by atoms with Gasteiger partial charge in [-0.1, -0.05) is 18.2 Å². The lowest BCUT2D eigenvalue weighted by molar-refractivity contribution is 0.222. The zero-order valence-corrected chi connectivity index (χ0v) is 12.8. The van der Waals surface area contributed by atoms with Gasteiger partial charge in [-0.3, -0.25) is 0 Å². The Kier molecular flexibility index (Phi) is 5.39. The van der Waals surface area contributed by atoms with E-state index in [0.29, 0.717) is 0 Å². The van der Waals surface area contributed by atoms with E-state index in [0.717, 1.165) is 4.90 Å². The van der Waals surface area contributed by atoms with Crippen molar-refractivity contribution in [3.8, 4) is 0 Å². The van der Waals surface area contributed by atoms with Crippen LogP contribution in [-0.4, -0.2) is 31.1 Å². The largest absolute Gasteiger partial charge is 0.391 e. The molecule has 0 aliphatic carbocycles. The Labute approximate surface area is 127 Å². The number of rotatable bonds is 6. The molecule has 0 aromatic heterocycles. The van der Waals surface area contributed by atoms with Crippen LogP contribution in [0.5, 0.6) is 0 Å². The lowest BCUT2D eigenvalue weighted by Crippen LogP contribution is -2.23. The maximum Gasteiger partial charge on any atom is 0.180 e. The van der Waals surface area contributed by atoms with Crippen LogP contribution in [0.4, 0.5) is 4.39 Å². The Balaban J connectivity index is 1.92. The zero-order valence-electron chi connectivity index (χ0n) is 11.1. The van der Waals surface area contributed by atoms with Gasteiger partial charge < -0.3 is 5.11 Å². The highest BCUT2D eigenvalue weighted by Crippen LogP contribution is 2.20. The second-order valence-electron chi connectivity index (χ2n) is 4.51. The Hall–Kier alpha value is -1.37. The topological polar surface area (TPSA) is 54.4 Å². The van der Waals surface area contributed by atoms with E-state index in [1.807, 2.05) is 0 Å². The van der Waals surface area contributed by atoms with Gasteiger partial charge in [0.2, 0.25) is 0 Å². The van der Waals surface area contributed by atoms with Gasteiger partial charge in [-0.2, -0.15) is 0 Å². The molecule has 112 valence electrons. The molecule has 1 N–H and O–H groups in total. The molecule has 1 atom stereocenters. The summed E-state index contributed by atoms with van der Waals surface area (Å²) < 4.78 is 36.9.